The molecule has 1 N–H and O–H groups in total. The zero-order chi connectivity index (χ0) is 18.2. The standard InChI is InChI=1S/C20H35NO3S/c1-2-3-4-5-6-7-8-9-10-11-12-13-18-21-19-14-16-20(21,17-15-19)25(22,23)24/h14-16H,2-13,17-18H2,1H3,(H,22,23,24). The highest BCUT2D eigenvalue weighted by Crippen LogP contribution is 2.43. The molecule has 1 unspecified atom stereocenters. The number of rotatable bonds is 14. The van der Waals surface area contributed by atoms with Crippen molar-refractivity contribution in [1.29, 1.82) is 0 Å². The smallest absolute Gasteiger partial charge is 0.293 e. The maximum atomic E-state index is 11.8. The molecule has 2 aliphatic rings. The van der Waals surface area contributed by atoms with Crippen molar-refractivity contribution in [1.82, 2.24) is 4.90 Å². The van der Waals surface area contributed by atoms with E-state index in [1.165, 1.54) is 64.2 Å². The Hall–Kier alpha value is -0.810. The second kappa shape index (κ2) is 9.77. The van der Waals surface area contributed by atoms with Crippen LogP contribution < -0.4 is 0 Å². The largest absolute Gasteiger partial charge is 0.347 e. The first-order valence-corrected chi connectivity index (χ1v) is 11.6. The van der Waals surface area contributed by atoms with Gasteiger partial charge in [-0.05, 0) is 18.6 Å². The molecular formula is C20H35NO3S. The Kier molecular flexibility index (Phi) is 8.01. The molecule has 2 bridgehead atoms. The summed E-state index contributed by atoms with van der Waals surface area (Å²) in [5, 5.41) is 0. The Morgan fingerprint density at radius 1 is 0.960 bits per heavy atom. The van der Waals surface area contributed by atoms with E-state index in [-0.39, 0.29) is 0 Å². The van der Waals surface area contributed by atoms with Crippen molar-refractivity contribution in [2.75, 3.05) is 6.54 Å². The van der Waals surface area contributed by atoms with Crippen LogP contribution in [0.4, 0.5) is 0 Å². The molecule has 0 amide bonds. The minimum Gasteiger partial charge on any atom is -0.347 e. The van der Waals surface area contributed by atoms with Crippen molar-refractivity contribution in [3.8, 4) is 0 Å². The molecule has 5 heteroatoms. The van der Waals surface area contributed by atoms with Crippen molar-refractivity contribution in [2.45, 2.75) is 95.3 Å². The van der Waals surface area contributed by atoms with Gasteiger partial charge in [-0.2, -0.15) is 8.42 Å². The van der Waals surface area contributed by atoms with Crippen LogP contribution in [0.15, 0.2) is 23.9 Å². The molecule has 2 aliphatic heterocycles. The van der Waals surface area contributed by atoms with Gasteiger partial charge in [0.15, 0.2) is 4.87 Å². The third-order valence-electron chi connectivity index (χ3n) is 5.57. The Bertz CT molecular complexity index is 567. The minimum atomic E-state index is -4.10. The lowest BCUT2D eigenvalue weighted by atomic mass is 10.1. The fourth-order valence-corrected chi connectivity index (χ4v) is 4.99. The zero-order valence-corrected chi connectivity index (χ0v) is 16.6. The molecule has 4 nitrogen and oxygen atoms in total. The SMILES string of the molecule is CCCCCCCCCCCCCCN1C2=CCC1(S(=O)(=O)O)C=C2. The van der Waals surface area contributed by atoms with E-state index in [1.54, 1.807) is 6.08 Å². The zero-order valence-electron chi connectivity index (χ0n) is 15.8. The van der Waals surface area contributed by atoms with Crippen molar-refractivity contribution in [2.24, 2.45) is 0 Å². The maximum absolute atomic E-state index is 11.8. The summed E-state index contributed by atoms with van der Waals surface area (Å²) in [6.45, 7) is 2.96. The Morgan fingerprint density at radius 2 is 1.48 bits per heavy atom. The Labute approximate surface area is 154 Å². The molecule has 0 fully saturated rings. The van der Waals surface area contributed by atoms with Crippen LogP contribution in [0.3, 0.4) is 0 Å². The fraction of sp³-hybridized carbons (Fsp3) is 0.800. The molecule has 0 aliphatic carbocycles. The van der Waals surface area contributed by atoms with Crippen molar-refractivity contribution in [3.05, 3.63) is 23.9 Å². The molecule has 0 aromatic rings. The molecule has 144 valence electrons. The van der Waals surface area contributed by atoms with Gasteiger partial charge in [0.1, 0.15) is 0 Å². The fourth-order valence-electron chi connectivity index (χ4n) is 3.98. The van der Waals surface area contributed by atoms with E-state index >= 15 is 0 Å². The highest BCUT2D eigenvalue weighted by atomic mass is 32.2. The molecule has 0 saturated heterocycles. The summed E-state index contributed by atoms with van der Waals surface area (Å²) in [6, 6.07) is 0. The van der Waals surface area contributed by atoms with E-state index in [0.29, 0.717) is 13.0 Å². The summed E-state index contributed by atoms with van der Waals surface area (Å²) < 4.78 is 33.1. The minimum absolute atomic E-state index is 0.371. The summed E-state index contributed by atoms with van der Waals surface area (Å²) in [7, 11) is -4.10. The molecule has 0 aromatic heterocycles. The molecule has 0 spiro atoms. The quantitative estimate of drug-likeness (QED) is 0.327. The molecule has 2 rings (SSSR count). The summed E-state index contributed by atoms with van der Waals surface area (Å²) in [5.41, 5.74) is 0.945. The first kappa shape index (κ1) is 20.5. The highest BCUT2D eigenvalue weighted by Gasteiger charge is 2.52. The molecule has 2 heterocycles. The molecule has 25 heavy (non-hydrogen) atoms. The molecule has 0 saturated carbocycles. The number of fused-ring (bicyclic) bond motifs is 2. The van der Waals surface area contributed by atoms with Gasteiger partial charge in [-0.1, -0.05) is 83.6 Å². The van der Waals surface area contributed by atoms with Gasteiger partial charge in [0.2, 0.25) is 0 Å². The number of unbranched alkanes of at least 4 members (excludes halogenated alkanes) is 11. The first-order chi connectivity index (χ1) is 12.0. The molecule has 0 radical (unpaired) electrons. The van der Waals surface area contributed by atoms with Crippen molar-refractivity contribution in [3.63, 3.8) is 0 Å². The van der Waals surface area contributed by atoms with E-state index in [9.17, 15) is 13.0 Å². The van der Waals surface area contributed by atoms with Crippen LogP contribution in [0, 0.1) is 0 Å². The lowest BCUT2D eigenvalue weighted by molar-refractivity contribution is 0.271. The summed E-state index contributed by atoms with van der Waals surface area (Å²) >= 11 is 0. The van der Waals surface area contributed by atoms with Crippen LogP contribution in [-0.4, -0.2) is 29.3 Å². The lowest BCUT2D eigenvalue weighted by Crippen LogP contribution is -2.46. The van der Waals surface area contributed by atoms with E-state index in [0.717, 1.165) is 18.5 Å². The van der Waals surface area contributed by atoms with Crippen LogP contribution in [0.2, 0.25) is 0 Å². The third-order valence-corrected chi connectivity index (χ3v) is 6.99. The number of hydrogen-bond acceptors (Lipinski definition) is 3. The molecule has 1 atom stereocenters. The topological polar surface area (TPSA) is 57.6 Å². The van der Waals surface area contributed by atoms with Crippen LogP contribution in [0.1, 0.15) is 90.4 Å². The third kappa shape index (κ3) is 5.33. The van der Waals surface area contributed by atoms with Gasteiger partial charge in [-0.25, -0.2) is 0 Å². The van der Waals surface area contributed by atoms with Gasteiger partial charge in [0.25, 0.3) is 10.1 Å². The second-order valence-corrected chi connectivity index (χ2v) is 9.18. The molecule has 0 aromatic carbocycles. The highest BCUT2D eigenvalue weighted by molar-refractivity contribution is 7.87. The lowest BCUT2D eigenvalue weighted by Gasteiger charge is -2.32. The predicted octanol–water partition coefficient (Wildman–Crippen LogP) is 5.43. The van der Waals surface area contributed by atoms with Crippen LogP contribution in [0.25, 0.3) is 0 Å². The van der Waals surface area contributed by atoms with Gasteiger partial charge in [0, 0.05) is 18.7 Å². The van der Waals surface area contributed by atoms with E-state index in [2.05, 4.69) is 6.92 Å². The van der Waals surface area contributed by atoms with Gasteiger partial charge >= 0.3 is 0 Å². The van der Waals surface area contributed by atoms with Crippen LogP contribution in [-0.2, 0) is 10.1 Å². The Morgan fingerprint density at radius 3 is 1.92 bits per heavy atom. The number of allylic oxidation sites excluding steroid dienone is 1. The van der Waals surface area contributed by atoms with Gasteiger partial charge < -0.3 is 4.90 Å². The number of hydrogen-bond donors (Lipinski definition) is 1. The van der Waals surface area contributed by atoms with Crippen molar-refractivity contribution >= 4 is 10.1 Å². The second-order valence-electron chi connectivity index (χ2n) is 7.53. The summed E-state index contributed by atoms with van der Waals surface area (Å²) in [4.78, 5) is 0.652. The normalized spacial score (nSPS) is 22.0. The van der Waals surface area contributed by atoms with Gasteiger partial charge in [-0.3, -0.25) is 4.55 Å². The average Bonchev–Trinajstić information content (AvgIpc) is 3.12. The maximum Gasteiger partial charge on any atom is 0.293 e. The van der Waals surface area contributed by atoms with E-state index in [1.807, 2.05) is 17.1 Å². The monoisotopic (exact) mass is 369 g/mol. The summed E-state index contributed by atoms with van der Waals surface area (Å²) in [6.07, 6.45) is 21.2. The number of nitrogens with zero attached hydrogens (tertiary/aromatic N) is 1. The van der Waals surface area contributed by atoms with Crippen molar-refractivity contribution < 1.29 is 13.0 Å². The average molecular weight is 370 g/mol. The van der Waals surface area contributed by atoms with E-state index in [4.69, 9.17) is 0 Å². The predicted molar refractivity (Wildman–Crippen MR) is 104 cm³/mol. The molecular weight excluding hydrogens is 334 g/mol. The van der Waals surface area contributed by atoms with Crippen LogP contribution >= 0.6 is 0 Å². The Balaban J connectivity index is 1.51. The first-order valence-electron chi connectivity index (χ1n) is 10.2. The van der Waals surface area contributed by atoms with Gasteiger partial charge in [0.05, 0.1) is 0 Å². The van der Waals surface area contributed by atoms with E-state index < -0.39 is 15.0 Å². The van der Waals surface area contributed by atoms with Crippen LogP contribution in [0.5, 0.6) is 0 Å². The van der Waals surface area contributed by atoms with Gasteiger partial charge in [-0.15, -0.1) is 0 Å². The summed E-state index contributed by atoms with van der Waals surface area (Å²) in [5.74, 6) is 0.